The Morgan fingerprint density at radius 3 is 2.47 bits per heavy atom. The first-order valence-electron chi connectivity index (χ1n) is 10.3. The van der Waals surface area contributed by atoms with E-state index in [2.05, 4.69) is 44.7 Å². The maximum Gasteiger partial charge on any atom is 0.247 e. The molecule has 0 bridgehead atoms. The van der Waals surface area contributed by atoms with Crippen LogP contribution in [0.3, 0.4) is 0 Å². The minimum absolute atomic E-state index is 0.0353. The van der Waals surface area contributed by atoms with Crippen molar-refractivity contribution >= 4 is 5.91 Å². The molecule has 7 heteroatoms. The summed E-state index contributed by atoms with van der Waals surface area (Å²) in [6.45, 7) is 5.01. The van der Waals surface area contributed by atoms with Gasteiger partial charge in [0.2, 0.25) is 17.7 Å². The molecule has 1 saturated heterocycles. The molecular weight excluding hydrogens is 380 g/mol. The lowest BCUT2D eigenvalue weighted by molar-refractivity contribution is -0.121. The molecule has 2 heterocycles. The van der Waals surface area contributed by atoms with Crippen molar-refractivity contribution < 1.29 is 13.9 Å². The average molecular weight is 406 g/mol. The Morgan fingerprint density at radius 1 is 0.967 bits per heavy atom. The first-order valence-corrected chi connectivity index (χ1v) is 10.3. The molecule has 156 valence electrons. The smallest absolute Gasteiger partial charge is 0.247 e. The molecule has 1 amide bonds. The van der Waals surface area contributed by atoms with Crippen LogP contribution in [0.1, 0.15) is 23.4 Å². The van der Waals surface area contributed by atoms with Crippen LogP contribution in [0.5, 0.6) is 0 Å². The third-order valence-corrected chi connectivity index (χ3v) is 5.08. The molecule has 0 unspecified atom stereocenters. The molecule has 1 N–H and O–H groups in total. The summed E-state index contributed by atoms with van der Waals surface area (Å²) in [6.07, 6.45) is 0.732. The molecule has 0 aliphatic carbocycles. The van der Waals surface area contributed by atoms with Crippen molar-refractivity contribution in [1.82, 2.24) is 20.4 Å². The van der Waals surface area contributed by atoms with Crippen molar-refractivity contribution in [1.29, 1.82) is 0 Å². The summed E-state index contributed by atoms with van der Waals surface area (Å²) in [6, 6.07) is 18.0. The van der Waals surface area contributed by atoms with Crippen LogP contribution in [0.2, 0.25) is 0 Å². The number of nitrogens with one attached hydrogen (secondary N) is 1. The minimum Gasteiger partial charge on any atom is -0.421 e. The largest absolute Gasteiger partial charge is 0.421 e. The molecule has 3 aromatic rings. The number of rotatable bonds is 8. The van der Waals surface area contributed by atoms with Crippen LogP contribution in [0.15, 0.2) is 59.0 Å². The molecule has 7 nitrogen and oxygen atoms in total. The molecule has 0 atom stereocenters. The van der Waals surface area contributed by atoms with E-state index >= 15 is 0 Å². The SMILES string of the molecule is O=C(CCc1nnc(-c2ccccc2)o1)NCc1ccc(CN2CCOCC2)cc1. The lowest BCUT2D eigenvalue weighted by Crippen LogP contribution is -2.35. The second-order valence-electron chi connectivity index (χ2n) is 7.35. The van der Waals surface area contributed by atoms with Crippen LogP contribution < -0.4 is 5.32 Å². The molecule has 0 spiro atoms. The molecule has 0 saturated carbocycles. The molecular formula is C23H26N4O3. The normalized spacial score (nSPS) is 14.5. The molecule has 4 rings (SSSR count). The van der Waals surface area contributed by atoms with Gasteiger partial charge in [0.15, 0.2) is 0 Å². The molecule has 2 aromatic carbocycles. The second-order valence-corrected chi connectivity index (χ2v) is 7.35. The summed E-state index contributed by atoms with van der Waals surface area (Å²) < 4.78 is 11.0. The van der Waals surface area contributed by atoms with Crippen LogP contribution in [0, 0.1) is 0 Å². The number of hydrogen-bond donors (Lipinski definition) is 1. The third-order valence-electron chi connectivity index (χ3n) is 5.08. The van der Waals surface area contributed by atoms with Crippen LogP contribution in [-0.2, 0) is 29.0 Å². The van der Waals surface area contributed by atoms with Gasteiger partial charge in [-0.15, -0.1) is 10.2 Å². The lowest BCUT2D eigenvalue weighted by atomic mass is 10.1. The second kappa shape index (κ2) is 10.1. The van der Waals surface area contributed by atoms with Crippen LogP contribution in [0.25, 0.3) is 11.5 Å². The first kappa shape index (κ1) is 20.3. The van der Waals surface area contributed by atoms with Gasteiger partial charge in [-0.3, -0.25) is 9.69 Å². The zero-order chi connectivity index (χ0) is 20.6. The van der Waals surface area contributed by atoms with Crippen LogP contribution >= 0.6 is 0 Å². The monoisotopic (exact) mass is 406 g/mol. The number of amides is 1. The molecule has 0 radical (unpaired) electrons. The number of carbonyl (C=O) groups is 1. The zero-order valence-electron chi connectivity index (χ0n) is 16.9. The van der Waals surface area contributed by atoms with Gasteiger partial charge in [-0.1, -0.05) is 42.5 Å². The van der Waals surface area contributed by atoms with E-state index in [4.69, 9.17) is 9.15 Å². The third kappa shape index (κ3) is 5.75. The van der Waals surface area contributed by atoms with Gasteiger partial charge < -0.3 is 14.5 Å². The predicted octanol–water partition coefficient (Wildman–Crippen LogP) is 2.82. The fourth-order valence-electron chi connectivity index (χ4n) is 3.34. The predicted molar refractivity (Wildman–Crippen MR) is 112 cm³/mol. The summed E-state index contributed by atoms with van der Waals surface area (Å²) >= 11 is 0. The number of benzene rings is 2. The van der Waals surface area contributed by atoms with E-state index < -0.39 is 0 Å². The quantitative estimate of drug-likeness (QED) is 0.620. The number of aromatic nitrogens is 2. The number of nitrogens with zero attached hydrogens (tertiary/aromatic N) is 3. The highest BCUT2D eigenvalue weighted by Gasteiger charge is 2.12. The topological polar surface area (TPSA) is 80.5 Å². The van der Waals surface area contributed by atoms with Gasteiger partial charge in [0.1, 0.15) is 0 Å². The minimum atomic E-state index is -0.0353. The van der Waals surface area contributed by atoms with E-state index in [1.165, 1.54) is 5.56 Å². The Morgan fingerprint density at radius 2 is 1.70 bits per heavy atom. The number of aryl methyl sites for hydroxylation is 1. The van der Waals surface area contributed by atoms with E-state index in [1.807, 2.05) is 30.3 Å². The highest BCUT2D eigenvalue weighted by atomic mass is 16.5. The van der Waals surface area contributed by atoms with Crippen LogP contribution in [-0.4, -0.2) is 47.3 Å². The van der Waals surface area contributed by atoms with Crippen molar-refractivity contribution in [2.75, 3.05) is 26.3 Å². The molecule has 1 aliphatic heterocycles. The molecule has 30 heavy (non-hydrogen) atoms. The van der Waals surface area contributed by atoms with Gasteiger partial charge in [0, 0.05) is 44.6 Å². The Kier molecular flexibility index (Phi) is 6.84. The first-order chi connectivity index (χ1) is 14.8. The standard InChI is InChI=1S/C23H26N4O3/c28-21(10-11-22-25-26-23(30-22)20-4-2-1-3-5-20)24-16-18-6-8-19(9-7-18)17-27-12-14-29-15-13-27/h1-9H,10-17H2,(H,24,28). The number of ether oxygens (including phenoxy) is 1. The lowest BCUT2D eigenvalue weighted by Gasteiger charge is -2.26. The summed E-state index contributed by atoms with van der Waals surface area (Å²) in [4.78, 5) is 14.6. The van der Waals surface area contributed by atoms with Crippen LogP contribution in [0.4, 0.5) is 0 Å². The van der Waals surface area contributed by atoms with Gasteiger partial charge in [-0.25, -0.2) is 0 Å². The summed E-state index contributed by atoms with van der Waals surface area (Å²) in [5.74, 6) is 0.909. The van der Waals surface area contributed by atoms with Crippen molar-refractivity contribution in [2.24, 2.45) is 0 Å². The maximum absolute atomic E-state index is 12.2. The van der Waals surface area contributed by atoms with Crippen molar-refractivity contribution in [3.05, 3.63) is 71.6 Å². The maximum atomic E-state index is 12.2. The Bertz CT molecular complexity index is 935. The molecule has 1 fully saturated rings. The number of carbonyl (C=O) groups excluding carboxylic acids is 1. The van der Waals surface area contributed by atoms with E-state index in [0.29, 0.717) is 31.2 Å². The summed E-state index contributed by atoms with van der Waals surface area (Å²) in [5.41, 5.74) is 3.23. The van der Waals surface area contributed by atoms with Crippen molar-refractivity contribution in [2.45, 2.75) is 25.9 Å². The van der Waals surface area contributed by atoms with E-state index in [-0.39, 0.29) is 5.91 Å². The van der Waals surface area contributed by atoms with Gasteiger partial charge in [0.05, 0.1) is 13.2 Å². The number of hydrogen-bond acceptors (Lipinski definition) is 6. The average Bonchev–Trinajstić information content (AvgIpc) is 3.28. The highest BCUT2D eigenvalue weighted by Crippen LogP contribution is 2.17. The van der Waals surface area contributed by atoms with Crippen molar-refractivity contribution in [3.8, 4) is 11.5 Å². The summed E-state index contributed by atoms with van der Waals surface area (Å²) in [7, 11) is 0. The van der Waals surface area contributed by atoms with Gasteiger partial charge in [-0.05, 0) is 23.3 Å². The fraction of sp³-hybridized carbons (Fsp3) is 0.348. The summed E-state index contributed by atoms with van der Waals surface area (Å²) in [5, 5.41) is 11.0. The molecule has 1 aliphatic rings. The highest BCUT2D eigenvalue weighted by molar-refractivity contribution is 5.76. The Balaban J connectivity index is 1.20. The van der Waals surface area contributed by atoms with Gasteiger partial charge in [0.25, 0.3) is 0 Å². The van der Waals surface area contributed by atoms with Gasteiger partial charge >= 0.3 is 0 Å². The fourth-order valence-corrected chi connectivity index (χ4v) is 3.34. The van der Waals surface area contributed by atoms with E-state index in [0.717, 1.165) is 44.0 Å². The van der Waals surface area contributed by atoms with Gasteiger partial charge in [-0.2, -0.15) is 0 Å². The Hall–Kier alpha value is -3.03. The Labute approximate surface area is 176 Å². The molecule has 1 aromatic heterocycles. The number of morpholine rings is 1. The van der Waals surface area contributed by atoms with E-state index in [1.54, 1.807) is 0 Å². The van der Waals surface area contributed by atoms with Crippen molar-refractivity contribution in [3.63, 3.8) is 0 Å². The zero-order valence-corrected chi connectivity index (χ0v) is 16.9. The van der Waals surface area contributed by atoms with E-state index in [9.17, 15) is 4.79 Å².